The van der Waals surface area contributed by atoms with Gasteiger partial charge in [0.05, 0.1) is 6.20 Å². The molecule has 0 saturated heterocycles. The molecule has 5 heteroatoms. The van der Waals surface area contributed by atoms with Gasteiger partial charge in [0.15, 0.2) is 0 Å². The highest BCUT2D eigenvalue weighted by atomic mass is 16.4. The molecule has 5 nitrogen and oxygen atoms in total. The molecule has 0 atom stereocenters. The predicted octanol–water partition coefficient (Wildman–Crippen LogP) is 1.42. The first-order valence-electron chi connectivity index (χ1n) is 5.11. The van der Waals surface area contributed by atoms with E-state index in [1.165, 1.54) is 0 Å². The summed E-state index contributed by atoms with van der Waals surface area (Å²) in [5, 5.41) is 12.6. The van der Waals surface area contributed by atoms with Crippen molar-refractivity contribution in [1.82, 2.24) is 9.78 Å². The van der Waals surface area contributed by atoms with E-state index in [0.717, 1.165) is 31.4 Å². The smallest absolute Gasteiger partial charge is 0.303 e. The van der Waals surface area contributed by atoms with Crippen molar-refractivity contribution in [3.05, 3.63) is 11.8 Å². The zero-order valence-corrected chi connectivity index (χ0v) is 8.94. The summed E-state index contributed by atoms with van der Waals surface area (Å²) >= 11 is 0. The van der Waals surface area contributed by atoms with Crippen LogP contribution in [-0.4, -0.2) is 20.9 Å². The van der Waals surface area contributed by atoms with Crippen molar-refractivity contribution in [2.45, 2.75) is 39.2 Å². The molecule has 0 amide bonds. The van der Waals surface area contributed by atoms with Gasteiger partial charge in [-0.2, -0.15) is 5.10 Å². The largest absolute Gasteiger partial charge is 0.481 e. The average Bonchev–Trinajstić information content (AvgIpc) is 2.48. The molecule has 0 unspecified atom stereocenters. The van der Waals surface area contributed by atoms with Crippen LogP contribution < -0.4 is 5.73 Å². The third-order valence-electron chi connectivity index (χ3n) is 2.33. The molecule has 1 rings (SSSR count). The van der Waals surface area contributed by atoms with E-state index in [1.54, 1.807) is 10.9 Å². The summed E-state index contributed by atoms with van der Waals surface area (Å²) in [4.78, 5) is 10.3. The molecule has 0 radical (unpaired) electrons. The Morgan fingerprint density at radius 3 is 2.80 bits per heavy atom. The van der Waals surface area contributed by atoms with Crippen molar-refractivity contribution in [3.63, 3.8) is 0 Å². The van der Waals surface area contributed by atoms with Crippen LogP contribution in [0.2, 0.25) is 0 Å². The van der Waals surface area contributed by atoms with Gasteiger partial charge in [0.25, 0.3) is 0 Å². The fourth-order valence-corrected chi connectivity index (χ4v) is 1.38. The van der Waals surface area contributed by atoms with E-state index >= 15 is 0 Å². The van der Waals surface area contributed by atoms with Crippen LogP contribution in [0.15, 0.2) is 6.20 Å². The van der Waals surface area contributed by atoms with Crippen LogP contribution in [0.3, 0.4) is 0 Å². The van der Waals surface area contributed by atoms with E-state index < -0.39 is 5.97 Å². The van der Waals surface area contributed by atoms with Crippen molar-refractivity contribution in [2.24, 2.45) is 0 Å². The number of aliphatic carboxylic acids is 1. The van der Waals surface area contributed by atoms with Crippen LogP contribution in [0.25, 0.3) is 0 Å². The number of carboxylic acid groups (broad SMARTS) is 1. The van der Waals surface area contributed by atoms with Crippen LogP contribution in [0.1, 0.15) is 31.2 Å². The minimum Gasteiger partial charge on any atom is -0.481 e. The molecule has 3 N–H and O–H groups in total. The molecule has 1 aromatic rings. The Morgan fingerprint density at radius 1 is 1.53 bits per heavy atom. The Labute approximate surface area is 88.9 Å². The van der Waals surface area contributed by atoms with Crippen molar-refractivity contribution in [3.8, 4) is 0 Å². The van der Waals surface area contributed by atoms with E-state index in [-0.39, 0.29) is 6.42 Å². The van der Waals surface area contributed by atoms with Crippen molar-refractivity contribution < 1.29 is 9.90 Å². The number of hydrogen-bond acceptors (Lipinski definition) is 3. The van der Waals surface area contributed by atoms with Gasteiger partial charge in [-0.1, -0.05) is 6.42 Å². The second-order valence-electron chi connectivity index (χ2n) is 3.64. The quantitative estimate of drug-likeness (QED) is 0.697. The normalized spacial score (nSPS) is 10.5. The Balaban J connectivity index is 2.20. The highest BCUT2D eigenvalue weighted by Gasteiger charge is 2.02. The molecule has 1 heterocycles. The average molecular weight is 211 g/mol. The summed E-state index contributed by atoms with van der Waals surface area (Å²) in [6, 6.07) is 0. The maximum Gasteiger partial charge on any atom is 0.303 e. The van der Waals surface area contributed by atoms with Gasteiger partial charge in [-0.15, -0.1) is 0 Å². The standard InChI is InChI=1S/C10H17N3O2/c1-8-7-12-13(10(8)11)6-4-2-3-5-9(14)15/h7H,2-6,11H2,1H3,(H,14,15). The zero-order chi connectivity index (χ0) is 11.3. The first-order valence-corrected chi connectivity index (χ1v) is 5.11. The van der Waals surface area contributed by atoms with Gasteiger partial charge < -0.3 is 10.8 Å². The summed E-state index contributed by atoms with van der Waals surface area (Å²) in [6.07, 6.45) is 4.51. The number of hydrogen-bond donors (Lipinski definition) is 2. The topological polar surface area (TPSA) is 81.1 Å². The van der Waals surface area contributed by atoms with Crippen molar-refractivity contribution in [2.75, 3.05) is 5.73 Å². The summed E-state index contributed by atoms with van der Waals surface area (Å²) in [5.41, 5.74) is 6.76. The molecule has 84 valence electrons. The van der Waals surface area contributed by atoms with Crippen LogP contribution in [0.4, 0.5) is 5.82 Å². The number of carbonyl (C=O) groups is 1. The highest BCUT2D eigenvalue weighted by Crippen LogP contribution is 2.10. The lowest BCUT2D eigenvalue weighted by atomic mass is 10.2. The second kappa shape index (κ2) is 5.38. The van der Waals surface area contributed by atoms with Gasteiger partial charge >= 0.3 is 5.97 Å². The van der Waals surface area contributed by atoms with E-state index in [1.807, 2.05) is 6.92 Å². The minimum absolute atomic E-state index is 0.244. The number of nitrogens with two attached hydrogens (primary N) is 1. The molecular formula is C10H17N3O2. The summed E-state index contributed by atoms with van der Waals surface area (Å²) in [7, 11) is 0. The fourth-order valence-electron chi connectivity index (χ4n) is 1.38. The van der Waals surface area contributed by atoms with Crippen molar-refractivity contribution in [1.29, 1.82) is 0 Å². The Kier molecular flexibility index (Phi) is 4.15. The summed E-state index contributed by atoms with van der Waals surface area (Å²) in [5.74, 6) is -0.0299. The van der Waals surface area contributed by atoms with Gasteiger partial charge in [0, 0.05) is 18.5 Å². The fraction of sp³-hybridized carbons (Fsp3) is 0.600. The number of nitrogens with zero attached hydrogens (tertiary/aromatic N) is 2. The molecule has 0 fully saturated rings. The lowest BCUT2D eigenvalue weighted by Crippen LogP contribution is -2.05. The number of aromatic nitrogens is 2. The lowest BCUT2D eigenvalue weighted by molar-refractivity contribution is -0.137. The third-order valence-corrected chi connectivity index (χ3v) is 2.33. The maximum atomic E-state index is 10.3. The minimum atomic E-state index is -0.732. The molecule has 0 aliphatic heterocycles. The number of nitrogen functional groups attached to an aromatic ring is 1. The predicted molar refractivity (Wildman–Crippen MR) is 57.5 cm³/mol. The lowest BCUT2D eigenvalue weighted by Gasteiger charge is -2.03. The Morgan fingerprint density at radius 2 is 2.27 bits per heavy atom. The van der Waals surface area contributed by atoms with Gasteiger partial charge in [0.2, 0.25) is 0 Å². The molecule has 0 spiro atoms. The summed E-state index contributed by atoms with van der Waals surface area (Å²) in [6.45, 7) is 2.68. The molecular weight excluding hydrogens is 194 g/mol. The van der Waals surface area contributed by atoms with Crippen LogP contribution in [0.5, 0.6) is 0 Å². The number of aryl methyl sites for hydroxylation is 2. The molecule has 0 aliphatic rings. The molecule has 15 heavy (non-hydrogen) atoms. The molecule has 0 aromatic carbocycles. The SMILES string of the molecule is Cc1cnn(CCCCCC(=O)O)c1N. The number of anilines is 1. The molecule has 0 saturated carbocycles. The maximum absolute atomic E-state index is 10.3. The Hall–Kier alpha value is -1.52. The van der Waals surface area contributed by atoms with Gasteiger partial charge in [-0.3, -0.25) is 4.79 Å². The monoisotopic (exact) mass is 211 g/mol. The highest BCUT2D eigenvalue weighted by molar-refractivity contribution is 5.66. The van der Waals surface area contributed by atoms with E-state index in [4.69, 9.17) is 10.8 Å². The van der Waals surface area contributed by atoms with Crippen molar-refractivity contribution >= 4 is 11.8 Å². The second-order valence-corrected chi connectivity index (χ2v) is 3.64. The Bertz CT molecular complexity index is 333. The van der Waals surface area contributed by atoms with Gasteiger partial charge in [0.1, 0.15) is 5.82 Å². The zero-order valence-electron chi connectivity index (χ0n) is 8.94. The molecule has 0 bridgehead atoms. The number of rotatable bonds is 6. The van der Waals surface area contributed by atoms with Crippen LogP contribution in [0, 0.1) is 6.92 Å². The van der Waals surface area contributed by atoms with Gasteiger partial charge in [-0.25, -0.2) is 4.68 Å². The first kappa shape index (κ1) is 11.6. The van der Waals surface area contributed by atoms with Crippen LogP contribution >= 0.6 is 0 Å². The summed E-state index contributed by atoms with van der Waals surface area (Å²) < 4.78 is 1.76. The van der Waals surface area contributed by atoms with Crippen LogP contribution in [-0.2, 0) is 11.3 Å². The third kappa shape index (κ3) is 3.61. The van der Waals surface area contributed by atoms with E-state index in [2.05, 4.69) is 5.10 Å². The number of unbranched alkanes of at least 4 members (excludes halogenated alkanes) is 2. The number of carboxylic acids is 1. The van der Waals surface area contributed by atoms with Gasteiger partial charge in [-0.05, 0) is 19.8 Å². The van der Waals surface area contributed by atoms with E-state index in [9.17, 15) is 4.79 Å². The van der Waals surface area contributed by atoms with E-state index in [0.29, 0.717) is 5.82 Å². The molecule has 0 aliphatic carbocycles. The first-order chi connectivity index (χ1) is 7.11. The molecule has 1 aromatic heterocycles.